The molecule has 1 aromatic rings. The van der Waals surface area contributed by atoms with Gasteiger partial charge >= 0.3 is 0 Å². The molecule has 1 N–H and O–H groups in total. The Balaban J connectivity index is 1.73. The quantitative estimate of drug-likeness (QED) is 0.640. The second-order valence-electron chi connectivity index (χ2n) is 6.73. The highest BCUT2D eigenvalue weighted by Crippen LogP contribution is 2.16. The average Bonchev–Trinajstić information content (AvgIpc) is 2.57. The molecule has 5 heteroatoms. The molecular weight excluding hydrogens is 300 g/mol. The third kappa shape index (κ3) is 5.71. The first kappa shape index (κ1) is 18.6. The van der Waals surface area contributed by atoms with Crippen LogP contribution >= 0.6 is 0 Å². The smallest absolute Gasteiger partial charge is 0.193 e. The summed E-state index contributed by atoms with van der Waals surface area (Å²) in [5, 5.41) is 3.51. The molecule has 134 valence electrons. The minimum Gasteiger partial charge on any atom is -0.491 e. The Morgan fingerprint density at radius 2 is 2.21 bits per heavy atom. The molecule has 0 amide bonds. The van der Waals surface area contributed by atoms with Gasteiger partial charge in [-0.25, -0.2) is 0 Å². The van der Waals surface area contributed by atoms with Crippen molar-refractivity contribution in [1.82, 2.24) is 15.1 Å². The van der Waals surface area contributed by atoms with E-state index in [9.17, 15) is 0 Å². The van der Waals surface area contributed by atoms with Gasteiger partial charge < -0.3 is 19.9 Å². The van der Waals surface area contributed by atoms with Crippen LogP contribution in [-0.4, -0.2) is 69.7 Å². The molecule has 0 spiro atoms. The first-order valence-corrected chi connectivity index (χ1v) is 8.89. The molecule has 1 saturated heterocycles. The molecular formula is C19H32N4O. The molecule has 0 aromatic heterocycles. The molecule has 0 bridgehead atoms. The van der Waals surface area contributed by atoms with Gasteiger partial charge in [-0.15, -0.1) is 0 Å². The van der Waals surface area contributed by atoms with Gasteiger partial charge in [0.1, 0.15) is 12.4 Å². The number of nitrogens with zero attached hydrogens (tertiary/aromatic N) is 3. The largest absolute Gasteiger partial charge is 0.491 e. The summed E-state index contributed by atoms with van der Waals surface area (Å²) in [5.41, 5.74) is 1.17. The topological polar surface area (TPSA) is 40.1 Å². The zero-order valence-electron chi connectivity index (χ0n) is 15.6. The normalized spacial score (nSPS) is 19.2. The lowest BCUT2D eigenvalue weighted by Gasteiger charge is -2.31. The Morgan fingerprint density at radius 1 is 1.42 bits per heavy atom. The molecule has 0 aliphatic carbocycles. The number of nitrogens with one attached hydrogen (secondary N) is 1. The number of aliphatic imine (C=N–C) groups is 1. The number of guanidine groups is 1. The van der Waals surface area contributed by atoms with Gasteiger partial charge in [0.25, 0.3) is 0 Å². The third-order valence-electron chi connectivity index (χ3n) is 4.62. The van der Waals surface area contributed by atoms with Crippen molar-refractivity contribution < 1.29 is 4.74 Å². The van der Waals surface area contributed by atoms with Crippen LogP contribution in [0.4, 0.5) is 0 Å². The van der Waals surface area contributed by atoms with E-state index in [1.807, 2.05) is 25.2 Å². The van der Waals surface area contributed by atoms with Crippen LogP contribution in [0.2, 0.25) is 0 Å². The minimum atomic E-state index is 0.647. The summed E-state index contributed by atoms with van der Waals surface area (Å²) < 4.78 is 5.88. The summed E-state index contributed by atoms with van der Waals surface area (Å²) in [7, 11) is 6.10. The van der Waals surface area contributed by atoms with Crippen LogP contribution in [0.3, 0.4) is 0 Å². The first-order valence-electron chi connectivity index (χ1n) is 8.89. The lowest BCUT2D eigenvalue weighted by atomic mass is 9.99. The molecule has 1 aromatic carbocycles. The Hall–Kier alpha value is -1.75. The summed E-state index contributed by atoms with van der Waals surface area (Å²) >= 11 is 0. The van der Waals surface area contributed by atoms with Gasteiger partial charge in [0.05, 0.1) is 6.54 Å². The molecule has 1 fully saturated rings. The van der Waals surface area contributed by atoms with Gasteiger partial charge in [-0.2, -0.15) is 0 Å². The molecule has 24 heavy (non-hydrogen) atoms. The Morgan fingerprint density at radius 3 is 2.92 bits per heavy atom. The van der Waals surface area contributed by atoms with E-state index >= 15 is 0 Å². The number of likely N-dealkylation sites (tertiary alicyclic amines) is 1. The second-order valence-corrected chi connectivity index (χ2v) is 6.73. The van der Waals surface area contributed by atoms with E-state index in [0.717, 1.165) is 24.8 Å². The van der Waals surface area contributed by atoms with Crippen molar-refractivity contribution >= 4 is 5.96 Å². The SMILES string of the molecule is CN=C(NCC1CCCN(C)C1)N(C)CCOc1ccccc1C. The van der Waals surface area contributed by atoms with Crippen LogP contribution in [0, 0.1) is 12.8 Å². The van der Waals surface area contributed by atoms with E-state index in [1.165, 1.54) is 31.5 Å². The van der Waals surface area contributed by atoms with Gasteiger partial charge in [0.2, 0.25) is 0 Å². The van der Waals surface area contributed by atoms with Crippen molar-refractivity contribution in [2.45, 2.75) is 19.8 Å². The van der Waals surface area contributed by atoms with Crippen molar-refractivity contribution in [2.24, 2.45) is 10.9 Å². The fourth-order valence-electron chi connectivity index (χ4n) is 3.18. The van der Waals surface area contributed by atoms with Crippen LogP contribution in [0.5, 0.6) is 5.75 Å². The number of piperidine rings is 1. The average molecular weight is 332 g/mol. The van der Waals surface area contributed by atoms with Gasteiger partial charge in [-0.3, -0.25) is 4.99 Å². The Bertz CT molecular complexity index is 532. The summed E-state index contributed by atoms with van der Waals surface area (Å²) in [5.74, 6) is 2.60. The number of benzene rings is 1. The van der Waals surface area contributed by atoms with Gasteiger partial charge in [-0.1, -0.05) is 18.2 Å². The molecule has 1 unspecified atom stereocenters. The van der Waals surface area contributed by atoms with Crippen molar-refractivity contribution in [3.05, 3.63) is 29.8 Å². The van der Waals surface area contributed by atoms with E-state index in [-0.39, 0.29) is 0 Å². The number of likely N-dealkylation sites (N-methyl/N-ethyl adjacent to an activating group) is 1. The fourth-order valence-corrected chi connectivity index (χ4v) is 3.18. The lowest BCUT2D eigenvalue weighted by Crippen LogP contribution is -2.45. The second kappa shape index (κ2) is 9.52. The highest BCUT2D eigenvalue weighted by Gasteiger charge is 2.17. The van der Waals surface area contributed by atoms with Crippen molar-refractivity contribution in [3.63, 3.8) is 0 Å². The zero-order chi connectivity index (χ0) is 17.4. The third-order valence-corrected chi connectivity index (χ3v) is 4.62. The standard InChI is InChI=1S/C19H32N4O/c1-16-8-5-6-10-18(16)24-13-12-23(4)19(20-2)21-14-17-9-7-11-22(3)15-17/h5-6,8,10,17H,7,9,11-15H2,1-4H3,(H,20,21). The highest BCUT2D eigenvalue weighted by atomic mass is 16.5. The highest BCUT2D eigenvalue weighted by molar-refractivity contribution is 5.79. The zero-order valence-corrected chi connectivity index (χ0v) is 15.6. The van der Waals surface area contributed by atoms with Crippen molar-refractivity contribution in [2.75, 3.05) is 53.9 Å². The molecule has 1 aliphatic rings. The summed E-state index contributed by atoms with van der Waals surface area (Å²) in [6, 6.07) is 8.12. The van der Waals surface area contributed by atoms with Crippen molar-refractivity contribution in [3.8, 4) is 5.75 Å². The number of ether oxygens (including phenoxy) is 1. The maximum Gasteiger partial charge on any atom is 0.193 e. The van der Waals surface area contributed by atoms with E-state index < -0.39 is 0 Å². The molecule has 1 heterocycles. The first-order chi connectivity index (χ1) is 11.6. The molecule has 0 radical (unpaired) electrons. The molecule has 1 atom stereocenters. The van der Waals surface area contributed by atoms with E-state index in [4.69, 9.17) is 4.74 Å². The number of para-hydroxylation sites is 1. The summed E-state index contributed by atoms with van der Waals surface area (Å²) in [6.45, 7) is 6.90. The Kier molecular flexibility index (Phi) is 7.37. The minimum absolute atomic E-state index is 0.647. The maximum atomic E-state index is 5.88. The van der Waals surface area contributed by atoms with Crippen LogP contribution in [0.1, 0.15) is 18.4 Å². The van der Waals surface area contributed by atoms with Crippen LogP contribution in [-0.2, 0) is 0 Å². The predicted molar refractivity (Wildman–Crippen MR) is 101 cm³/mol. The van der Waals surface area contributed by atoms with E-state index in [0.29, 0.717) is 12.5 Å². The summed E-state index contributed by atoms with van der Waals surface area (Å²) in [6.07, 6.45) is 2.59. The fraction of sp³-hybridized carbons (Fsp3) is 0.632. The van der Waals surface area contributed by atoms with Crippen molar-refractivity contribution in [1.29, 1.82) is 0 Å². The number of hydrogen-bond donors (Lipinski definition) is 1. The molecule has 2 rings (SSSR count). The van der Waals surface area contributed by atoms with Gasteiger partial charge in [0.15, 0.2) is 5.96 Å². The van der Waals surface area contributed by atoms with E-state index in [1.54, 1.807) is 0 Å². The van der Waals surface area contributed by atoms with Gasteiger partial charge in [0, 0.05) is 27.2 Å². The molecule has 1 aliphatic heterocycles. The van der Waals surface area contributed by atoms with E-state index in [2.05, 4.69) is 47.2 Å². The van der Waals surface area contributed by atoms with Gasteiger partial charge in [-0.05, 0) is 50.9 Å². The molecule has 0 saturated carbocycles. The predicted octanol–water partition coefficient (Wildman–Crippen LogP) is 2.22. The number of hydrogen-bond acceptors (Lipinski definition) is 3. The lowest BCUT2D eigenvalue weighted by molar-refractivity contribution is 0.209. The van der Waals surface area contributed by atoms with Crippen LogP contribution in [0.15, 0.2) is 29.3 Å². The molecule has 5 nitrogen and oxygen atoms in total. The number of aryl methyl sites for hydroxylation is 1. The van der Waals surface area contributed by atoms with Crippen LogP contribution in [0.25, 0.3) is 0 Å². The summed E-state index contributed by atoms with van der Waals surface area (Å²) in [4.78, 5) is 8.94. The Labute approximate surface area is 146 Å². The number of rotatable bonds is 6. The monoisotopic (exact) mass is 332 g/mol. The maximum absolute atomic E-state index is 5.88. The van der Waals surface area contributed by atoms with Crippen LogP contribution < -0.4 is 10.1 Å².